The van der Waals surface area contributed by atoms with Crippen LogP contribution in [0.15, 0.2) is 29.6 Å². The van der Waals surface area contributed by atoms with E-state index in [-0.39, 0.29) is 11.8 Å². The Hall–Kier alpha value is -1.39. The summed E-state index contributed by atoms with van der Waals surface area (Å²) >= 11 is 1.72. The van der Waals surface area contributed by atoms with Crippen LogP contribution in [0.4, 0.5) is 5.69 Å². The minimum Gasteiger partial charge on any atom is -0.326 e. The monoisotopic (exact) mass is 246 g/mol. The Balaban J connectivity index is 1.77. The second-order valence-electron chi connectivity index (χ2n) is 4.35. The van der Waals surface area contributed by atoms with E-state index in [1.165, 1.54) is 10.1 Å². The van der Waals surface area contributed by atoms with E-state index in [1.807, 2.05) is 12.1 Å². The molecule has 1 saturated heterocycles. The van der Waals surface area contributed by atoms with E-state index >= 15 is 0 Å². The minimum absolute atomic E-state index is 0.119. The van der Waals surface area contributed by atoms with Gasteiger partial charge in [0, 0.05) is 16.9 Å². The molecule has 0 spiro atoms. The molecule has 1 aliphatic heterocycles. The van der Waals surface area contributed by atoms with Crippen molar-refractivity contribution in [3.63, 3.8) is 0 Å². The van der Waals surface area contributed by atoms with Gasteiger partial charge in [-0.15, -0.1) is 11.3 Å². The molecule has 3 rings (SSSR count). The van der Waals surface area contributed by atoms with Gasteiger partial charge >= 0.3 is 0 Å². The summed E-state index contributed by atoms with van der Waals surface area (Å²) in [5.74, 6) is 0.248. The first-order valence-corrected chi connectivity index (χ1v) is 6.70. The summed E-state index contributed by atoms with van der Waals surface area (Å²) in [4.78, 5) is 11.9. The van der Waals surface area contributed by atoms with Crippen molar-refractivity contribution in [3.8, 4) is 0 Å². The zero-order valence-corrected chi connectivity index (χ0v) is 10.2. The molecule has 1 atom stereocenters. The lowest BCUT2D eigenvalue weighted by Gasteiger charge is -2.09. The topological polar surface area (TPSA) is 41.1 Å². The van der Waals surface area contributed by atoms with Crippen molar-refractivity contribution in [1.29, 1.82) is 0 Å². The Kier molecular flexibility index (Phi) is 2.82. The third-order valence-corrected chi connectivity index (χ3v) is 4.05. The molecule has 17 heavy (non-hydrogen) atoms. The maximum absolute atomic E-state index is 11.9. The number of nitrogens with one attached hydrogen (secondary N) is 2. The van der Waals surface area contributed by atoms with Crippen molar-refractivity contribution < 1.29 is 4.79 Å². The maximum atomic E-state index is 11.9. The van der Waals surface area contributed by atoms with Crippen LogP contribution in [0.5, 0.6) is 0 Å². The molecule has 1 aliphatic rings. The molecule has 1 unspecified atom stereocenters. The van der Waals surface area contributed by atoms with Crippen LogP contribution < -0.4 is 10.6 Å². The molecule has 2 heterocycles. The number of hydrogen-bond acceptors (Lipinski definition) is 3. The second-order valence-corrected chi connectivity index (χ2v) is 5.30. The largest absolute Gasteiger partial charge is 0.326 e. The van der Waals surface area contributed by atoms with Gasteiger partial charge in [0.05, 0.1) is 5.92 Å². The number of benzene rings is 1. The summed E-state index contributed by atoms with van der Waals surface area (Å²) in [5.41, 5.74) is 0.896. The van der Waals surface area contributed by atoms with E-state index in [0.29, 0.717) is 0 Å². The Morgan fingerprint density at radius 2 is 2.35 bits per heavy atom. The lowest BCUT2D eigenvalue weighted by atomic mass is 10.1. The molecule has 0 aliphatic carbocycles. The Morgan fingerprint density at radius 1 is 1.41 bits per heavy atom. The molecule has 0 saturated carbocycles. The van der Waals surface area contributed by atoms with Crippen molar-refractivity contribution in [2.24, 2.45) is 5.92 Å². The Labute approximate surface area is 104 Å². The maximum Gasteiger partial charge on any atom is 0.228 e. The standard InChI is InChI=1S/C13H14N2OS/c16-13(10-3-5-14-8-10)15-11-1-2-12-9(7-11)4-6-17-12/h1-2,4,6-7,10,14H,3,5,8H2,(H,15,16). The van der Waals surface area contributed by atoms with Crippen LogP contribution in [-0.2, 0) is 4.79 Å². The first kappa shape index (κ1) is 10.7. The molecule has 1 amide bonds. The molecular weight excluding hydrogens is 232 g/mol. The normalized spacial score (nSPS) is 19.6. The van der Waals surface area contributed by atoms with E-state index in [0.717, 1.165) is 25.2 Å². The van der Waals surface area contributed by atoms with E-state index in [4.69, 9.17) is 0 Å². The van der Waals surface area contributed by atoms with Crippen LogP contribution in [0.3, 0.4) is 0 Å². The molecule has 1 aromatic carbocycles. The lowest BCUT2D eigenvalue weighted by molar-refractivity contribution is -0.119. The highest BCUT2D eigenvalue weighted by Crippen LogP contribution is 2.24. The predicted octanol–water partition coefficient (Wildman–Crippen LogP) is 2.45. The highest BCUT2D eigenvalue weighted by Gasteiger charge is 2.22. The van der Waals surface area contributed by atoms with Gasteiger partial charge in [-0.05, 0) is 48.0 Å². The first-order valence-electron chi connectivity index (χ1n) is 5.82. The number of thiophene rings is 1. The molecule has 1 fully saturated rings. The average molecular weight is 246 g/mol. The molecule has 2 N–H and O–H groups in total. The fourth-order valence-electron chi connectivity index (χ4n) is 2.17. The summed E-state index contributed by atoms with van der Waals surface area (Å²) in [7, 11) is 0. The Bertz CT molecular complexity index is 543. The van der Waals surface area contributed by atoms with Gasteiger partial charge in [0.15, 0.2) is 0 Å². The SMILES string of the molecule is O=C(Nc1ccc2sccc2c1)C1CCNC1. The summed E-state index contributed by atoms with van der Waals surface area (Å²) < 4.78 is 1.26. The summed E-state index contributed by atoms with van der Waals surface area (Å²) in [6.45, 7) is 1.74. The van der Waals surface area contributed by atoms with Crippen LogP contribution in [0.2, 0.25) is 0 Å². The fraction of sp³-hybridized carbons (Fsp3) is 0.308. The van der Waals surface area contributed by atoms with Crippen molar-refractivity contribution >= 4 is 33.0 Å². The second kappa shape index (κ2) is 4.47. The number of hydrogen-bond donors (Lipinski definition) is 2. The molecule has 4 heteroatoms. The zero-order valence-electron chi connectivity index (χ0n) is 9.40. The van der Waals surface area contributed by atoms with Crippen molar-refractivity contribution in [2.45, 2.75) is 6.42 Å². The van der Waals surface area contributed by atoms with Gasteiger partial charge in [-0.1, -0.05) is 0 Å². The van der Waals surface area contributed by atoms with Crippen LogP contribution in [0, 0.1) is 5.92 Å². The van der Waals surface area contributed by atoms with Gasteiger partial charge in [-0.2, -0.15) is 0 Å². The van der Waals surface area contributed by atoms with E-state index in [1.54, 1.807) is 11.3 Å². The number of fused-ring (bicyclic) bond motifs is 1. The molecular formula is C13H14N2OS. The minimum atomic E-state index is 0.119. The third kappa shape index (κ3) is 2.18. The van der Waals surface area contributed by atoms with Gasteiger partial charge in [0.1, 0.15) is 0 Å². The quantitative estimate of drug-likeness (QED) is 0.854. The van der Waals surface area contributed by atoms with Gasteiger partial charge in [0.2, 0.25) is 5.91 Å². The number of carbonyl (C=O) groups excluding carboxylic acids is 1. The van der Waals surface area contributed by atoms with E-state index in [2.05, 4.69) is 28.1 Å². The summed E-state index contributed by atoms with van der Waals surface area (Å²) in [5, 5.41) is 9.46. The molecule has 1 aromatic heterocycles. The van der Waals surface area contributed by atoms with Crippen molar-refractivity contribution in [3.05, 3.63) is 29.6 Å². The smallest absolute Gasteiger partial charge is 0.228 e. The fourth-order valence-corrected chi connectivity index (χ4v) is 2.94. The van der Waals surface area contributed by atoms with Gasteiger partial charge in [-0.25, -0.2) is 0 Å². The zero-order chi connectivity index (χ0) is 11.7. The number of amides is 1. The van der Waals surface area contributed by atoms with Crippen molar-refractivity contribution in [2.75, 3.05) is 18.4 Å². The van der Waals surface area contributed by atoms with Crippen LogP contribution in [0.25, 0.3) is 10.1 Å². The molecule has 0 bridgehead atoms. The van der Waals surface area contributed by atoms with Gasteiger partial charge in [0.25, 0.3) is 0 Å². The summed E-state index contributed by atoms with van der Waals surface area (Å²) in [6.07, 6.45) is 0.937. The summed E-state index contributed by atoms with van der Waals surface area (Å²) in [6, 6.07) is 8.14. The molecule has 3 nitrogen and oxygen atoms in total. The average Bonchev–Trinajstić information content (AvgIpc) is 2.99. The van der Waals surface area contributed by atoms with Crippen LogP contribution in [-0.4, -0.2) is 19.0 Å². The molecule has 2 aromatic rings. The third-order valence-electron chi connectivity index (χ3n) is 3.15. The van der Waals surface area contributed by atoms with E-state index < -0.39 is 0 Å². The van der Waals surface area contributed by atoms with Gasteiger partial charge in [-0.3, -0.25) is 4.79 Å². The van der Waals surface area contributed by atoms with E-state index in [9.17, 15) is 4.79 Å². The lowest BCUT2D eigenvalue weighted by Crippen LogP contribution is -2.24. The highest BCUT2D eigenvalue weighted by atomic mass is 32.1. The van der Waals surface area contributed by atoms with Crippen LogP contribution in [0.1, 0.15) is 6.42 Å². The Morgan fingerprint density at radius 3 is 3.18 bits per heavy atom. The number of carbonyl (C=O) groups is 1. The highest BCUT2D eigenvalue weighted by molar-refractivity contribution is 7.17. The molecule has 88 valence electrons. The van der Waals surface area contributed by atoms with Crippen LogP contribution >= 0.6 is 11.3 Å². The van der Waals surface area contributed by atoms with Gasteiger partial charge < -0.3 is 10.6 Å². The number of anilines is 1. The molecule has 0 radical (unpaired) electrons. The first-order chi connectivity index (χ1) is 8.33. The number of rotatable bonds is 2. The van der Waals surface area contributed by atoms with Crippen molar-refractivity contribution in [1.82, 2.24) is 5.32 Å². The predicted molar refractivity (Wildman–Crippen MR) is 71.4 cm³/mol.